The quantitative estimate of drug-likeness (QED) is 0.299. The maximum Gasteiger partial charge on any atom is 0.0722 e. The predicted octanol–water partition coefficient (Wildman–Crippen LogP) is 7.63. The summed E-state index contributed by atoms with van der Waals surface area (Å²) in [5.74, 6) is 0.710. The lowest BCUT2D eigenvalue weighted by molar-refractivity contribution is 0.141. The third-order valence-corrected chi connectivity index (χ3v) is 7.86. The van der Waals surface area contributed by atoms with Gasteiger partial charge in [-0.15, -0.1) is 0 Å². The molecular weight excluding hydrogens is 440 g/mol. The largest absolute Gasteiger partial charge is 0.368 e. The van der Waals surface area contributed by atoms with Gasteiger partial charge in [-0.1, -0.05) is 64.1 Å². The van der Waals surface area contributed by atoms with Crippen LogP contribution in [0.25, 0.3) is 21.8 Å². The molecule has 4 nitrogen and oxygen atoms in total. The van der Waals surface area contributed by atoms with E-state index >= 15 is 0 Å². The zero-order chi connectivity index (χ0) is 25.5. The molecule has 192 valence electrons. The zero-order valence-electron chi connectivity index (χ0n) is 23.0. The van der Waals surface area contributed by atoms with Gasteiger partial charge in [0.1, 0.15) is 0 Å². The summed E-state index contributed by atoms with van der Waals surface area (Å²) < 4.78 is 2.30. The van der Waals surface area contributed by atoms with Gasteiger partial charge in [-0.05, 0) is 55.4 Å². The summed E-state index contributed by atoms with van der Waals surface area (Å²) in [7, 11) is 2.18. The molecule has 36 heavy (non-hydrogen) atoms. The molecular formula is C32H44N4. The Morgan fingerprint density at radius 3 is 2.08 bits per heavy atom. The standard InChI is InChI=1S/C28H32N4.2C2H6/c1-30-20-25(23-6-3-5-9-27(23)30)21-10-12-22(13-11-21)31-16-18-32(19-17-31)28-14-15-29-26-8-4-2-7-24(26)28;2*1-2/h2-9,14-15,20-22H,10-13,16-19H2,1H3;2*1-2H3. The minimum absolute atomic E-state index is 0.710. The molecule has 2 fully saturated rings. The fraction of sp³-hybridized carbons (Fsp3) is 0.469. The normalized spacial score (nSPS) is 20.4. The summed E-state index contributed by atoms with van der Waals surface area (Å²) in [5, 5.41) is 2.73. The summed E-state index contributed by atoms with van der Waals surface area (Å²) >= 11 is 0. The maximum atomic E-state index is 4.54. The number of pyridine rings is 1. The van der Waals surface area contributed by atoms with Crippen molar-refractivity contribution in [3.8, 4) is 0 Å². The van der Waals surface area contributed by atoms with E-state index in [-0.39, 0.29) is 0 Å². The van der Waals surface area contributed by atoms with E-state index in [1.54, 1.807) is 5.56 Å². The first kappa shape index (κ1) is 26.2. The lowest BCUT2D eigenvalue weighted by Crippen LogP contribution is -2.51. The number of para-hydroxylation sites is 2. The first-order valence-electron chi connectivity index (χ1n) is 14.1. The van der Waals surface area contributed by atoms with E-state index in [2.05, 4.69) is 87.2 Å². The Morgan fingerprint density at radius 1 is 0.722 bits per heavy atom. The van der Waals surface area contributed by atoms with Gasteiger partial charge in [-0.2, -0.15) is 0 Å². The first-order chi connectivity index (χ1) is 17.8. The van der Waals surface area contributed by atoms with E-state index in [1.807, 2.05) is 33.9 Å². The Kier molecular flexibility index (Phi) is 9.03. The number of aryl methyl sites for hydroxylation is 1. The van der Waals surface area contributed by atoms with Gasteiger partial charge in [0, 0.05) is 73.6 Å². The van der Waals surface area contributed by atoms with E-state index in [0.29, 0.717) is 5.92 Å². The number of aromatic nitrogens is 2. The Balaban J connectivity index is 0.000000726. The van der Waals surface area contributed by atoms with Crippen LogP contribution in [0.15, 0.2) is 67.0 Å². The Hall–Kier alpha value is -2.85. The van der Waals surface area contributed by atoms with Crippen LogP contribution in [0.2, 0.25) is 0 Å². The van der Waals surface area contributed by atoms with E-state index in [9.17, 15) is 0 Å². The van der Waals surface area contributed by atoms with Crippen molar-refractivity contribution in [2.75, 3.05) is 31.1 Å². The summed E-state index contributed by atoms with van der Waals surface area (Å²) in [6.07, 6.45) is 9.62. The zero-order valence-corrected chi connectivity index (χ0v) is 23.0. The first-order valence-corrected chi connectivity index (χ1v) is 14.1. The molecule has 0 amide bonds. The van der Waals surface area contributed by atoms with Crippen molar-refractivity contribution in [3.05, 3.63) is 72.6 Å². The molecule has 1 saturated heterocycles. The molecule has 3 heterocycles. The molecule has 0 radical (unpaired) electrons. The highest BCUT2D eigenvalue weighted by Crippen LogP contribution is 2.39. The monoisotopic (exact) mass is 484 g/mol. The highest BCUT2D eigenvalue weighted by Gasteiger charge is 2.30. The molecule has 0 bridgehead atoms. The molecule has 4 heteroatoms. The van der Waals surface area contributed by atoms with Crippen LogP contribution in [0.4, 0.5) is 5.69 Å². The van der Waals surface area contributed by atoms with Crippen LogP contribution in [-0.4, -0.2) is 46.7 Å². The van der Waals surface area contributed by atoms with Crippen LogP contribution in [0.5, 0.6) is 0 Å². The topological polar surface area (TPSA) is 24.3 Å². The molecule has 1 aliphatic heterocycles. The van der Waals surface area contributed by atoms with Gasteiger partial charge in [0.25, 0.3) is 0 Å². The van der Waals surface area contributed by atoms with E-state index < -0.39 is 0 Å². The highest BCUT2D eigenvalue weighted by atomic mass is 15.3. The summed E-state index contributed by atoms with van der Waals surface area (Å²) in [5.41, 5.74) is 5.37. The molecule has 0 atom stereocenters. The molecule has 2 aliphatic rings. The van der Waals surface area contributed by atoms with Gasteiger partial charge < -0.3 is 9.47 Å². The minimum atomic E-state index is 0.710. The molecule has 4 aromatic rings. The van der Waals surface area contributed by atoms with Crippen LogP contribution >= 0.6 is 0 Å². The van der Waals surface area contributed by atoms with Crippen molar-refractivity contribution in [2.45, 2.75) is 65.3 Å². The molecule has 1 aliphatic carbocycles. The molecule has 6 rings (SSSR count). The SMILES string of the molecule is CC.CC.Cn1cc(C2CCC(N3CCN(c4ccnc5ccccc45)CC3)CC2)c2ccccc21. The maximum absolute atomic E-state index is 4.54. The lowest BCUT2D eigenvalue weighted by Gasteiger charge is -2.43. The molecule has 1 saturated carbocycles. The van der Waals surface area contributed by atoms with Crippen molar-refractivity contribution in [1.29, 1.82) is 0 Å². The number of rotatable bonds is 3. The van der Waals surface area contributed by atoms with Gasteiger partial charge in [0.15, 0.2) is 0 Å². The number of anilines is 1. The lowest BCUT2D eigenvalue weighted by atomic mass is 9.81. The minimum Gasteiger partial charge on any atom is -0.368 e. The molecule has 2 aromatic carbocycles. The third-order valence-electron chi connectivity index (χ3n) is 7.86. The Labute approximate surface area is 217 Å². The average molecular weight is 485 g/mol. The van der Waals surface area contributed by atoms with E-state index in [1.165, 1.54) is 60.7 Å². The molecule has 0 spiro atoms. The van der Waals surface area contributed by atoms with Crippen molar-refractivity contribution in [2.24, 2.45) is 7.05 Å². The fourth-order valence-corrected chi connectivity index (χ4v) is 6.13. The van der Waals surface area contributed by atoms with E-state index in [0.717, 1.165) is 24.6 Å². The Morgan fingerprint density at radius 2 is 1.36 bits per heavy atom. The van der Waals surface area contributed by atoms with Crippen molar-refractivity contribution in [3.63, 3.8) is 0 Å². The van der Waals surface area contributed by atoms with Crippen LogP contribution < -0.4 is 4.90 Å². The highest BCUT2D eigenvalue weighted by molar-refractivity contribution is 5.91. The number of hydrogen-bond acceptors (Lipinski definition) is 3. The number of nitrogens with zero attached hydrogens (tertiary/aromatic N) is 4. The van der Waals surface area contributed by atoms with Gasteiger partial charge in [-0.3, -0.25) is 9.88 Å². The second-order valence-electron chi connectivity index (χ2n) is 9.59. The van der Waals surface area contributed by atoms with Crippen molar-refractivity contribution < 1.29 is 0 Å². The fourth-order valence-electron chi connectivity index (χ4n) is 6.13. The average Bonchev–Trinajstić information content (AvgIpc) is 3.31. The number of hydrogen-bond donors (Lipinski definition) is 0. The van der Waals surface area contributed by atoms with Crippen LogP contribution in [-0.2, 0) is 7.05 Å². The van der Waals surface area contributed by atoms with Gasteiger partial charge >= 0.3 is 0 Å². The molecule has 2 aromatic heterocycles. The van der Waals surface area contributed by atoms with E-state index in [4.69, 9.17) is 0 Å². The third kappa shape index (κ3) is 5.29. The van der Waals surface area contributed by atoms with Crippen LogP contribution in [0.3, 0.4) is 0 Å². The Bertz CT molecular complexity index is 1220. The second-order valence-corrected chi connectivity index (χ2v) is 9.59. The summed E-state index contributed by atoms with van der Waals surface area (Å²) in [6.45, 7) is 12.6. The molecule has 0 N–H and O–H groups in total. The smallest absolute Gasteiger partial charge is 0.0722 e. The van der Waals surface area contributed by atoms with Crippen LogP contribution in [0, 0.1) is 0 Å². The summed E-state index contributed by atoms with van der Waals surface area (Å²) in [4.78, 5) is 9.86. The van der Waals surface area contributed by atoms with Gasteiger partial charge in [0.2, 0.25) is 0 Å². The van der Waals surface area contributed by atoms with Crippen molar-refractivity contribution >= 4 is 27.5 Å². The number of benzene rings is 2. The second kappa shape index (κ2) is 12.4. The number of fused-ring (bicyclic) bond motifs is 2. The molecule has 0 unspecified atom stereocenters. The van der Waals surface area contributed by atoms with Crippen molar-refractivity contribution in [1.82, 2.24) is 14.5 Å². The summed E-state index contributed by atoms with van der Waals surface area (Å²) in [6, 6.07) is 20.3. The predicted molar refractivity (Wildman–Crippen MR) is 156 cm³/mol. The van der Waals surface area contributed by atoms with Gasteiger partial charge in [0.05, 0.1) is 5.52 Å². The van der Waals surface area contributed by atoms with Crippen LogP contribution in [0.1, 0.15) is 64.9 Å². The number of piperazine rings is 1. The van der Waals surface area contributed by atoms with Gasteiger partial charge in [-0.25, -0.2) is 0 Å².